The van der Waals surface area contributed by atoms with Crippen molar-refractivity contribution in [3.63, 3.8) is 0 Å². The van der Waals surface area contributed by atoms with Crippen LogP contribution in [0, 0.1) is 0 Å². The van der Waals surface area contributed by atoms with Gasteiger partial charge in [-0.2, -0.15) is 0 Å². The fourth-order valence-corrected chi connectivity index (χ4v) is 4.78. The third kappa shape index (κ3) is 2.77. The first-order chi connectivity index (χ1) is 10.9. The van der Waals surface area contributed by atoms with E-state index in [1.165, 1.54) is 17.3 Å². The largest absolute Gasteiger partial charge is 0.295 e. The van der Waals surface area contributed by atoms with Gasteiger partial charge in [-0.05, 0) is 50.5 Å². The van der Waals surface area contributed by atoms with Crippen LogP contribution in [-0.2, 0) is 16.4 Å². The van der Waals surface area contributed by atoms with E-state index in [4.69, 9.17) is 0 Å². The van der Waals surface area contributed by atoms with Gasteiger partial charge in [-0.25, -0.2) is 8.42 Å². The molecule has 0 unspecified atom stereocenters. The van der Waals surface area contributed by atoms with Gasteiger partial charge in [0.2, 0.25) is 0 Å². The van der Waals surface area contributed by atoms with E-state index >= 15 is 0 Å². The molecule has 0 spiro atoms. The zero-order chi connectivity index (χ0) is 16.6. The number of rotatable bonds is 3. The number of benzene rings is 2. The van der Waals surface area contributed by atoms with Crippen molar-refractivity contribution in [1.29, 1.82) is 0 Å². The van der Waals surface area contributed by atoms with E-state index in [1.54, 1.807) is 18.2 Å². The minimum atomic E-state index is -3.70. The van der Waals surface area contributed by atoms with Gasteiger partial charge in [0, 0.05) is 11.6 Å². The number of hydrogen-bond donors (Lipinski definition) is 0. The van der Waals surface area contributed by atoms with Crippen LogP contribution in [0.3, 0.4) is 0 Å². The van der Waals surface area contributed by atoms with E-state index in [0.29, 0.717) is 5.56 Å². The molecule has 1 atom stereocenters. The number of anilines is 1. The van der Waals surface area contributed by atoms with E-state index in [1.807, 2.05) is 31.2 Å². The van der Waals surface area contributed by atoms with Crippen molar-refractivity contribution in [2.75, 3.05) is 4.31 Å². The second-order valence-corrected chi connectivity index (χ2v) is 7.72. The predicted octanol–water partition coefficient (Wildman–Crippen LogP) is 3.42. The first-order valence-corrected chi connectivity index (χ1v) is 9.08. The third-order valence-electron chi connectivity index (χ3n) is 4.26. The molecule has 0 fully saturated rings. The van der Waals surface area contributed by atoms with Crippen LogP contribution in [0.15, 0.2) is 53.4 Å². The Morgan fingerprint density at radius 1 is 1.13 bits per heavy atom. The van der Waals surface area contributed by atoms with Crippen molar-refractivity contribution in [3.8, 4) is 0 Å². The van der Waals surface area contributed by atoms with Crippen LogP contribution in [-0.4, -0.2) is 20.2 Å². The average molecular weight is 329 g/mol. The van der Waals surface area contributed by atoms with E-state index < -0.39 is 10.0 Å². The smallest absolute Gasteiger partial charge is 0.264 e. The molecule has 0 saturated carbocycles. The number of fused-ring (bicyclic) bond motifs is 1. The lowest BCUT2D eigenvalue weighted by Gasteiger charge is -2.36. The highest BCUT2D eigenvalue weighted by Gasteiger charge is 2.33. The van der Waals surface area contributed by atoms with E-state index in [9.17, 15) is 13.2 Å². The molecule has 0 amide bonds. The standard InChI is InChI=1S/C18H19NO3S/c1-13-10-11-15-6-3-4-9-18(15)19(13)23(21,22)17-8-5-7-16(12-17)14(2)20/h3-9,12-13H,10-11H2,1-2H3/t13-/m1/s1. The molecule has 0 aromatic heterocycles. The normalized spacial score (nSPS) is 17.7. The van der Waals surface area contributed by atoms with Gasteiger partial charge in [0.15, 0.2) is 5.78 Å². The lowest BCUT2D eigenvalue weighted by atomic mass is 9.99. The van der Waals surface area contributed by atoms with Crippen LogP contribution in [0.1, 0.15) is 36.2 Å². The van der Waals surface area contributed by atoms with Crippen molar-refractivity contribution < 1.29 is 13.2 Å². The summed E-state index contributed by atoms with van der Waals surface area (Å²) in [6.45, 7) is 3.35. The Balaban J connectivity index is 2.13. The summed E-state index contributed by atoms with van der Waals surface area (Å²) in [6, 6.07) is 13.7. The van der Waals surface area contributed by atoms with Gasteiger partial charge in [0.1, 0.15) is 0 Å². The first kappa shape index (κ1) is 15.7. The molecule has 4 nitrogen and oxygen atoms in total. The van der Waals surface area contributed by atoms with Crippen LogP contribution in [0.4, 0.5) is 5.69 Å². The van der Waals surface area contributed by atoms with Gasteiger partial charge in [0.05, 0.1) is 10.6 Å². The highest BCUT2D eigenvalue weighted by atomic mass is 32.2. The molecule has 0 radical (unpaired) electrons. The number of aryl methyl sites for hydroxylation is 1. The Labute approximate surface area is 136 Å². The lowest BCUT2D eigenvalue weighted by molar-refractivity contribution is 0.101. The van der Waals surface area contributed by atoms with Crippen LogP contribution >= 0.6 is 0 Å². The van der Waals surface area contributed by atoms with Gasteiger partial charge in [-0.1, -0.05) is 30.3 Å². The van der Waals surface area contributed by atoms with Crippen molar-refractivity contribution in [3.05, 3.63) is 59.7 Å². The Kier molecular flexibility index (Phi) is 3.98. The van der Waals surface area contributed by atoms with Gasteiger partial charge >= 0.3 is 0 Å². The quantitative estimate of drug-likeness (QED) is 0.811. The Morgan fingerprint density at radius 3 is 2.61 bits per heavy atom. The molecular weight excluding hydrogens is 310 g/mol. The highest BCUT2D eigenvalue weighted by Crippen LogP contribution is 2.35. The van der Waals surface area contributed by atoms with Crippen molar-refractivity contribution in [2.24, 2.45) is 0 Å². The molecule has 5 heteroatoms. The zero-order valence-electron chi connectivity index (χ0n) is 13.2. The van der Waals surface area contributed by atoms with Crippen molar-refractivity contribution in [1.82, 2.24) is 0 Å². The van der Waals surface area contributed by atoms with Gasteiger partial charge in [-0.3, -0.25) is 9.10 Å². The van der Waals surface area contributed by atoms with E-state index in [2.05, 4.69) is 0 Å². The maximum absolute atomic E-state index is 13.1. The molecule has 1 aliphatic heterocycles. The van der Waals surface area contributed by atoms with Crippen LogP contribution in [0.5, 0.6) is 0 Å². The SMILES string of the molecule is CC(=O)c1cccc(S(=O)(=O)N2c3ccccc3CC[C@H]2C)c1. The highest BCUT2D eigenvalue weighted by molar-refractivity contribution is 7.92. The molecule has 1 aliphatic rings. The number of carbonyl (C=O) groups excluding carboxylic acids is 1. The van der Waals surface area contributed by atoms with Gasteiger partial charge in [-0.15, -0.1) is 0 Å². The number of hydrogen-bond acceptors (Lipinski definition) is 3. The number of nitrogens with zero attached hydrogens (tertiary/aromatic N) is 1. The summed E-state index contributed by atoms with van der Waals surface area (Å²) in [4.78, 5) is 11.7. The number of sulfonamides is 1. The monoisotopic (exact) mass is 329 g/mol. The Bertz CT molecular complexity index is 858. The van der Waals surface area contributed by atoms with Crippen molar-refractivity contribution in [2.45, 2.75) is 37.6 Å². The number of carbonyl (C=O) groups is 1. The summed E-state index contributed by atoms with van der Waals surface area (Å²) in [5.41, 5.74) is 2.18. The van der Waals surface area contributed by atoms with Crippen molar-refractivity contribution >= 4 is 21.5 Å². The second kappa shape index (κ2) is 5.81. The fourth-order valence-electron chi connectivity index (χ4n) is 3.01. The number of ketones is 1. The number of Topliss-reactive ketones (excluding diaryl/α,β-unsaturated/α-hetero) is 1. The van der Waals surface area contributed by atoms with E-state index in [0.717, 1.165) is 24.1 Å². The third-order valence-corrected chi connectivity index (χ3v) is 6.18. The minimum absolute atomic E-state index is 0.115. The molecule has 0 N–H and O–H groups in total. The summed E-state index contributed by atoms with van der Waals surface area (Å²) in [5, 5.41) is 0. The Hall–Kier alpha value is -2.14. The van der Waals surface area contributed by atoms with Gasteiger partial charge in [0.25, 0.3) is 10.0 Å². The maximum Gasteiger partial charge on any atom is 0.264 e. The summed E-state index contributed by atoms with van der Waals surface area (Å²) in [7, 11) is -3.70. The van der Waals surface area contributed by atoms with Crippen LogP contribution in [0.25, 0.3) is 0 Å². The molecule has 2 aromatic rings. The fraction of sp³-hybridized carbons (Fsp3) is 0.278. The molecule has 0 bridgehead atoms. The molecular formula is C18H19NO3S. The number of para-hydroxylation sites is 1. The molecule has 1 heterocycles. The van der Waals surface area contributed by atoms with Crippen LogP contribution in [0.2, 0.25) is 0 Å². The van der Waals surface area contributed by atoms with E-state index in [-0.39, 0.29) is 16.7 Å². The summed E-state index contributed by atoms with van der Waals surface area (Å²) in [6.07, 6.45) is 1.65. The first-order valence-electron chi connectivity index (χ1n) is 7.64. The zero-order valence-corrected chi connectivity index (χ0v) is 14.0. The molecule has 2 aromatic carbocycles. The van der Waals surface area contributed by atoms with Crippen LogP contribution < -0.4 is 4.31 Å². The summed E-state index contributed by atoms with van der Waals surface area (Å²) >= 11 is 0. The molecule has 0 saturated heterocycles. The van der Waals surface area contributed by atoms with Gasteiger partial charge < -0.3 is 0 Å². The molecule has 3 rings (SSSR count). The Morgan fingerprint density at radius 2 is 1.87 bits per heavy atom. The molecule has 23 heavy (non-hydrogen) atoms. The minimum Gasteiger partial charge on any atom is -0.295 e. The second-order valence-electron chi connectivity index (χ2n) is 5.90. The summed E-state index contributed by atoms with van der Waals surface area (Å²) < 4.78 is 27.8. The molecule has 0 aliphatic carbocycles. The predicted molar refractivity (Wildman–Crippen MR) is 90.3 cm³/mol. The summed E-state index contributed by atoms with van der Waals surface area (Å²) in [5.74, 6) is -0.144. The topological polar surface area (TPSA) is 54.5 Å². The average Bonchev–Trinajstić information content (AvgIpc) is 2.54. The molecule has 120 valence electrons. The lowest BCUT2D eigenvalue weighted by Crippen LogP contribution is -2.42. The maximum atomic E-state index is 13.1.